The Morgan fingerprint density at radius 1 is 1.33 bits per heavy atom. The van der Waals surface area contributed by atoms with Gasteiger partial charge in [-0.1, -0.05) is 17.7 Å². The molecule has 21 heavy (non-hydrogen) atoms. The zero-order valence-corrected chi connectivity index (χ0v) is 12.7. The summed E-state index contributed by atoms with van der Waals surface area (Å²) in [6, 6.07) is 5.25. The highest BCUT2D eigenvalue weighted by Gasteiger charge is 2.15. The van der Waals surface area contributed by atoms with E-state index in [1.54, 1.807) is 19.3 Å². The number of allylic oxidation sites excluding steroid dienone is 3. The minimum Gasteiger partial charge on any atom is -0.496 e. The van der Waals surface area contributed by atoms with Crippen LogP contribution in [0.1, 0.15) is 25.0 Å². The maximum absolute atomic E-state index is 11.5. The molecule has 3 nitrogen and oxygen atoms in total. The van der Waals surface area contributed by atoms with E-state index in [2.05, 4.69) is 26.5 Å². The average Bonchev–Trinajstić information content (AvgIpc) is 2.45. The van der Waals surface area contributed by atoms with Crippen LogP contribution in [-0.4, -0.2) is 7.11 Å². The number of benzene rings is 1. The molecular weight excluding hydrogens is 264 g/mol. The fraction of sp³-hybridized carbons (Fsp3) is 0.278. The summed E-state index contributed by atoms with van der Waals surface area (Å²) >= 11 is 0. The molecule has 0 bridgehead atoms. The van der Waals surface area contributed by atoms with Crippen LogP contribution in [0.3, 0.4) is 0 Å². The second kappa shape index (κ2) is 6.44. The first-order valence-corrected chi connectivity index (χ1v) is 6.93. The largest absolute Gasteiger partial charge is 0.496 e. The first-order valence-electron chi connectivity index (χ1n) is 6.93. The van der Waals surface area contributed by atoms with Gasteiger partial charge in [0.05, 0.1) is 7.11 Å². The Hall–Kier alpha value is -2.29. The summed E-state index contributed by atoms with van der Waals surface area (Å²) in [6.07, 6.45) is 5.31. The Morgan fingerprint density at radius 3 is 2.71 bits per heavy atom. The average molecular weight is 284 g/mol. The molecule has 3 heteroatoms. The third-order valence-corrected chi connectivity index (χ3v) is 3.32. The van der Waals surface area contributed by atoms with Gasteiger partial charge >= 0.3 is 5.63 Å². The molecular formula is C18H20O3. The monoisotopic (exact) mass is 284 g/mol. The molecule has 0 saturated heterocycles. The summed E-state index contributed by atoms with van der Waals surface area (Å²) in [7, 11) is 1.64. The molecule has 2 aromatic rings. The molecule has 1 heterocycles. The van der Waals surface area contributed by atoms with Crippen LogP contribution < -0.4 is 10.4 Å². The van der Waals surface area contributed by atoms with Crippen molar-refractivity contribution in [2.75, 3.05) is 7.11 Å². The van der Waals surface area contributed by atoms with Gasteiger partial charge in [0.2, 0.25) is 0 Å². The van der Waals surface area contributed by atoms with E-state index in [1.165, 1.54) is 11.6 Å². The number of hydrogen-bond acceptors (Lipinski definition) is 3. The zero-order chi connectivity index (χ0) is 15.4. The van der Waals surface area contributed by atoms with Gasteiger partial charge in [0.25, 0.3) is 0 Å². The second-order valence-electron chi connectivity index (χ2n) is 5.20. The SMILES string of the molecule is C=CCc1c(OC)c(CC=C(C)C)cc2ccc(=O)oc12. The lowest BCUT2D eigenvalue weighted by atomic mass is 9.99. The molecule has 0 unspecified atom stereocenters. The van der Waals surface area contributed by atoms with Gasteiger partial charge in [0.1, 0.15) is 11.3 Å². The molecule has 0 N–H and O–H groups in total. The minimum atomic E-state index is -0.355. The lowest BCUT2D eigenvalue weighted by Gasteiger charge is -2.14. The number of hydrogen-bond donors (Lipinski definition) is 0. The molecule has 2 rings (SSSR count). The maximum atomic E-state index is 11.5. The lowest BCUT2D eigenvalue weighted by molar-refractivity contribution is 0.405. The summed E-state index contributed by atoms with van der Waals surface area (Å²) in [5, 5.41) is 0.907. The summed E-state index contributed by atoms with van der Waals surface area (Å²) in [4.78, 5) is 11.5. The fourth-order valence-corrected chi connectivity index (χ4v) is 2.38. The molecule has 0 radical (unpaired) electrons. The number of methoxy groups -OCH3 is 1. The van der Waals surface area contributed by atoms with Crippen molar-refractivity contribution < 1.29 is 9.15 Å². The highest BCUT2D eigenvalue weighted by atomic mass is 16.5. The van der Waals surface area contributed by atoms with E-state index in [0.29, 0.717) is 12.0 Å². The number of fused-ring (bicyclic) bond motifs is 1. The summed E-state index contributed by atoms with van der Waals surface area (Å²) in [6.45, 7) is 7.91. The van der Waals surface area contributed by atoms with Crippen LogP contribution in [-0.2, 0) is 12.8 Å². The van der Waals surface area contributed by atoms with Gasteiger partial charge in [-0.05, 0) is 44.4 Å². The zero-order valence-electron chi connectivity index (χ0n) is 12.7. The predicted octanol–water partition coefficient (Wildman–Crippen LogP) is 4.04. The van der Waals surface area contributed by atoms with Crippen LogP contribution in [0.5, 0.6) is 5.75 Å². The Morgan fingerprint density at radius 2 is 2.10 bits per heavy atom. The second-order valence-corrected chi connectivity index (χ2v) is 5.20. The van der Waals surface area contributed by atoms with Gasteiger partial charge in [-0.3, -0.25) is 0 Å². The van der Waals surface area contributed by atoms with Gasteiger partial charge in [-0.15, -0.1) is 6.58 Å². The number of ether oxygens (including phenoxy) is 1. The first-order chi connectivity index (χ1) is 10.1. The van der Waals surface area contributed by atoms with Crippen molar-refractivity contribution in [1.82, 2.24) is 0 Å². The summed E-state index contributed by atoms with van der Waals surface area (Å²) in [5.74, 6) is 0.772. The molecule has 0 fully saturated rings. The smallest absolute Gasteiger partial charge is 0.336 e. The Bertz CT molecular complexity index is 747. The van der Waals surface area contributed by atoms with Gasteiger partial charge in [-0.25, -0.2) is 4.79 Å². The lowest BCUT2D eigenvalue weighted by Crippen LogP contribution is -2.02. The third kappa shape index (κ3) is 3.24. The molecule has 0 amide bonds. The summed E-state index contributed by atoms with van der Waals surface area (Å²) < 4.78 is 10.9. The molecule has 0 aliphatic carbocycles. The maximum Gasteiger partial charge on any atom is 0.336 e. The van der Waals surface area contributed by atoms with Crippen LogP contribution in [0.2, 0.25) is 0 Å². The highest BCUT2D eigenvalue weighted by Crippen LogP contribution is 2.33. The molecule has 1 aromatic carbocycles. The van der Waals surface area contributed by atoms with E-state index in [1.807, 2.05) is 6.07 Å². The van der Waals surface area contributed by atoms with Crippen LogP contribution in [0.4, 0.5) is 0 Å². The topological polar surface area (TPSA) is 39.4 Å². The van der Waals surface area contributed by atoms with Crippen LogP contribution in [0.25, 0.3) is 11.0 Å². The van der Waals surface area contributed by atoms with Gasteiger partial charge in [-0.2, -0.15) is 0 Å². The predicted molar refractivity (Wildman–Crippen MR) is 86.1 cm³/mol. The van der Waals surface area contributed by atoms with Crippen molar-refractivity contribution in [3.05, 3.63) is 64.1 Å². The fourth-order valence-electron chi connectivity index (χ4n) is 2.38. The number of rotatable bonds is 5. The van der Waals surface area contributed by atoms with Gasteiger partial charge in [0, 0.05) is 17.0 Å². The Balaban J connectivity index is 2.74. The normalized spacial score (nSPS) is 10.4. The van der Waals surface area contributed by atoms with Crippen molar-refractivity contribution in [3.63, 3.8) is 0 Å². The molecule has 0 atom stereocenters. The van der Waals surface area contributed by atoms with Crippen molar-refractivity contribution in [2.45, 2.75) is 26.7 Å². The Labute approximate surface area is 124 Å². The molecule has 0 spiro atoms. The third-order valence-electron chi connectivity index (χ3n) is 3.32. The Kier molecular flexibility index (Phi) is 4.63. The standard InChI is InChI=1S/C18H20O3/c1-5-6-15-17(20-4)13(8-7-12(2)3)11-14-9-10-16(19)21-18(14)15/h5,7,9-11H,1,6,8H2,2-4H3. The van der Waals surface area contributed by atoms with Crippen molar-refractivity contribution in [3.8, 4) is 5.75 Å². The van der Waals surface area contributed by atoms with Gasteiger partial charge < -0.3 is 9.15 Å². The molecule has 110 valence electrons. The van der Waals surface area contributed by atoms with E-state index < -0.39 is 0 Å². The first kappa shape index (κ1) is 15.1. The van der Waals surface area contributed by atoms with E-state index in [4.69, 9.17) is 9.15 Å². The van der Waals surface area contributed by atoms with Gasteiger partial charge in [0.15, 0.2) is 0 Å². The van der Waals surface area contributed by atoms with Crippen LogP contribution in [0.15, 0.2) is 51.7 Å². The molecule has 0 aliphatic rings. The van der Waals surface area contributed by atoms with E-state index in [-0.39, 0.29) is 5.63 Å². The van der Waals surface area contributed by atoms with E-state index in [0.717, 1.165) is 28.7 Å². The quantitative estimate of drug-likeness (QED) is 0.614. The van der Waals surface area contributed by atoms with Crippen LogP contribution in [0, 0.1) is 0 Å². The molecule has 0 aliphatic heterocycles. The van der Waals surface area contributed by atoms with Crippen LogP contribution >= 0.6 is 0 Å². The van der Waals surface area contributed by atoms with E-state index in [9.17, 15) is 4.79 Å². The van der Waals surface area contributed by atoms with Crippen molar-refractivity contribution in [2.24, 2.45) is 0 Å². The van der Waals surface area contributed by atoms with Crippen molar-refractivity contribution in [1.29, 1.82) is 0 Å². The molecule has 1 aromatic heterocycles. The van der Waals surface area contributed by atoms with Crippen molar-refractivity contribution >= 4 is 11.0 Å². The highest BCUT2D eigenvalue weighted by molar-refractivity contribution is 5.84. The minimum absolute atomic E-state index is 0.355. The summed E-state index contributed by atoms with van der Waals surface area (Å²) in [5.41, 5.74) is 3.44. The van der Waals surface area contributed by atoms with E-state index >= 15 is 0 Å². The molecule has 0 saturated carbocycles.